The molecule has 0 spiro atoms. The molecule has 0 saturated heterocycles. The quantitative estimate of drug-likeness (QED) is 0.895. The van der Waals surface area contributed by atoms with Gasteiger partial charge in [0.05, 0.1) is 10.6 Å². The average molecular weight is 370 g/mol. The lowest BCUT2D eigenvalue weighted by Gasteiger charge is -2.19. The van der Waals surface area contributed by atoms with E-state index in [0.29, 0.717) is 8.78 Å². The van der Waals surface area contributed by atoms with Crippen LogP contribution in [0.1, 0.15) is 5.56 Å². The Balaban J connectivity index is 2.57. The van der Waals surface area contributed by atoms with Gasteiger partial charge in [-0.1, -0.05) is 39.7 Å². The van der Waals surface area contributed by atoms with Crippen molar-refractivity contribution in [3.05, 3.63) is 58.6 Å². The number of aryl methyl sites for hydroxylation is 1. The van der Waals surface area contributed by atoms with Crippen molar-refractivity contribution in [2.24, 2.45) is 0 Å². The first-order valence-electron chi connectivity index (χ1n) is 5.93. The standard InChI is InChI=1S/C14H12BrNO4S/c1-10-5-7-12(8-6-10)16(14(17)18)21(19,20)13-4-2-3-11(15)9-13/h2-9H,1H3,(H,17,18). The Morgan fingerprint density at radius 2 is 1.76 bits per heavy atom. The molecule has 0 bridgehead atoms. The van der Waals surface area contributed by atoms with Gasteiger partial charge < -0.3 is 5.11 Å². The number of sulfonamides is 1. The summed E-state index contributed by atoms with van der Waals surface area (Å²) >= 11 is 3.18. The highest BCUT2D eigenvalue weighted by Gasteiger charge is 2.30. The van der Waals surface area contributed by atoms with Crippen LogP contribution in [0, 0.1) is 6.92 Å². The van der Waals surface area contributed by atoms with Gasteiger partial charge in [-0.15, -0.1) is 0 Å². The zero-order valence-corrected chi connectivity index (χ0v) is 13.4. The molecule has 7 heteroatoms. The Hall–Kier alpha value is -1.86. The van der Waals surface area contributed by atoms with Crippen LogP contribution in [0.3, 0.4) is 0 Å². The monoisotopic (exact) mass is 369 g/mol. The van der Waals surface area contributed by atoms with Crippen molar-refractivity contribution in [1.82, 2.24) is 0 Å². The van der Waals surface area contributed by atoms with E-state index in [1.807, 2.05) is 6.92 Å². The van der Waals surface area contributed by atoms with Crippen molar-refractivity contribution in [3.8, 4) is 0 Å². The van der Waals surface area contributed by atoms with Crippen molar-refractivity contribution < 1.29 is 18.3 Å². The van der Waals surface area contributed by atoms with Gasteiger partial charge >= 0.3 is 6.09 Å². The molecule has 1 N–H and O–H groups in total. The third kappa shape index (κ3) is 3.25. The molecule has 5 nitrogen and oxygen atoms in total. The van der Waals surface area contributed by atoms with Gasteiger partial charge in [-0.05, 0) is 37.3 Å². The van der Waals surface area contributed by atoms with Crippen molar-refractivity contribution >= 4 is 37.7 Å². The summed E-state index contributed by atoms with van der Waals surface area (Å²) in [7, 11) is -4.18. The Morgan fingerprint density at radius 3 is 2.29 bits per heavy atom. The van der Waals surface area contributed by atoms with Crippen LogP contribution in [0.4, 0.5) is 10.5 Å². The molecule has 2 aromatic carbocycles. The molecule has 0 saturated carbocycles. The van der Waals surface area contributed by atoms with E-state index in [4.69, 9.17) is 0 Å². The fourth-order valence-corrected chi connectivity index (χ4v) is 3.66. The molecule has 2 rings (SSSR count). The number of hydrogen-bond donors (Lipinski definition) is 1. The number of anilines is 1. The summed E-state index contributed by atoms with van der Waals surface area (Å²) in [6.07, 6.45) is -1.56. The number of carbonyl (C=O) groups is 1. The summed E-state index contributed by atoms with van der Waals surface area (Å²) in [6, 6.07) is 12.1. The van der Waals surface area contributed by atoms with Crippen molar-refractivity contribution in [3.63, 3.8) is 0 Å². The first-order valence-corrected chi connectivity index (χ1v) is 8.16. The van der Waals surface area contributed by atoms with E-state index < -0.39 is 16.1 Å². The summed E-state index contributed by atoms with van der Waals surface area (Å²) in [5.41, 5.74) is 0.983. The SMILES string of the molecule is Cc1ccc(N(C(=O)O)S(=O)(=O)c2cccc(Br)c2)cc1. The van der Waals surface area contributed by atoms with Gasteiger partial charge in [-0.2, -0.15) is 4.31 Å². The maximum absolute atomic E-state index is 12.5. The molecule has 0 aliphatic carbocycles. The number of rotatable bonds is 3. The van der Waals surface area contributed by atoms with Gasteiger partial charge in [0.25, 0.3) is 10.0 Å². The topological polar surface area (TPSA) is 74.7 Å². The fraction of sp³-hybridized carbons (Fsp3) is 0.0714. The Kier molecular flexibility index (Phi) is 4.34. The molecule has 0 heterocycles. The van der Waals surface area contributed by atoms with E-state index in [9.17, 15) is 18.3 Å². The smallest absolute Gasteiger partial charge is 0.426 e. The molecular weight excluding hydrogens is 358 g/mol. The summed E-state index contributed by atoms with van der Waals surface area (Å²) in [5, 5.41) is 9.30. The minimum absolute atomic E-state index is 0.0769. The van der Waals surface area contributed by atoms with Crippen LogP contribution in [0.25, 0.3) is 0 Å². The highest BCUT2D eigenvalue weighted by Crippen LogP contribution is 2.25. The molecule has 0 fully saturated rings. The molecule has 0 atom stereocenters. The Labute approximate surface area is 131 Å². The van der Waals surface area contributed by atoms with Crippen LogP contribution in [-0.4, -0.2) is 19.6 Å². The van der Waals surface area contributed by atoms with Crippen LogP contribution < -0.4 is 4.31 Å². The van der Waals surface area contributed by atoms with Crippen LogP contribution in [-0.2, 0) is 10.0 Å². The number of benzene rings is 2. The van der Waals surface area contributed by atoms with Gasteiger partial charge in [0.2, 0.25) is 0 Å². The summed E-state index contributed by atoms with van der Waals surface area (Å²) in [4.78, 5) is 11.3. The molecule has 110 valence electrons. The molecule has 1 amide bonds. The van der Waals surface area contributed by atoms with Crippen LogP contribution in [0.15, 0.2) is 57.9 Å². The highest BCUT2D eigenvalue weighted by atomic mass is 79.9. The van der Waals surface area contributed by atoms with Gasteiger partial charge in [0.1, 0.15) is 0 Å². The lowest BCUT2D eigenvalue weighted by atomic mass is 10.2. The fourth-order valence-electron chi connectivity index (χ4n) is 1.77. The molecule has 0 aliphatic heterocycles. The number of nitrogens with zero attached hydrogens (tertiary/aromatic N) is 1. The lowest BCUT2D eigenvalue weighted by Crippen LogP contribution is -2.35. The summed E-state index contributed by atoms with van der Waals surface area (Å²) < 4.78 is 26.0. The van der Waals surface area contributed by atoms with Gasteiger partial charge in [-0.25, -0.2) is 13.2 Å². The lowest BCUT2D eigenvalue weighted by molar-refractivity contribution is 0.206. The Morgan fingerprint density at radius 1 is 1.14 bits per heavy atom. The maximum atomic E-state index is 12.5. The van der Waals surface area contributed by atoms with E-state index >= 15 is 0 Å². The third-order valence-electron chi connectivity index (χ3n) is 2.78. The van der Waals surface area contributed by atoms with E-state index in [1.54, 1.807) is 18.2 Å². The number of halogens is 1. The van der Waals surface area contributed by atoms with E-state index in [-0.39, 0.29) is 10.6 Å². The second-order valence-electron chi connectivity index (χ2n) is 4.34. The van der Waals surface area contributed by atoms with Crippen molar-refractivity contribution in [2.75, 3.05) is 4.31 Å². The molecule has 0 aliphatic rings. The predicted octanol–water partition coefficient (Wildman–Crippen LogP) is 3.63. The molecular formula is C14H12BrNO4S. The third-order valence-corrected chi connectivity index (χ3v) is 4.97. The first-order chi connectivity index (χ1) is 9.82. The summed E-state index contributed by atoms with van der Waals surface area (Å²) in [6.45, 7) is 1.83. The van der Waals surface area contributed by atoms with E-state index in [0.717, 1.165) is 5.56 Å². The van der Waals surface area contributed by atoms with Crippen LogP contribution in [0.2, 0.25) is 0 Å². The maximum Gasteiger partial charge on any atom is 0.426 e. The van der Waals surface area contributed by atoms with Gasteiger partial charge in [-0.3, -0.25) is 0 Å². The molecule has 0 unspecified atom stereocenters. The highest BCUT2D eigenvalue weighted by molar-refractivity contribution is 9.10. The van der Waals surface area contributed by atoms with Crippen LogP contribution in [0.5, 0.6) is 0 Å². The van der Waals surface area contributed by atoms with Crippen molar-refractivity contribution in [1.29, 1.82) is 0 Å². The molecule has 2 aromatic rings. The Bertz CT molecular complexity index is 772. The molecule has 0 aromatic heterocycles. The number of amides is 1. The molecule has 0 radical (unpaired) electrons. The second-order valence-corrected chi connectivity index (χ2v) is 7.05. The number of hydrogen-bond acceptors (Lipinski definition) is 3. The first kappa shape index (κ1) is 15.5. The minimum Gasteiger partial charge on any atom is -0.464 e. The normalized spacial score (nSPS) is 11.1. The minimum atomic E-state index is -4.18. The van der Waals surface area contributed by atoms with E-state index in [1.165, 1.54) is 30.3 Å². The average Bonchev–Trinajstić information content (AvgIpc) is 2.40. The summed E-state index contributed by atoms with van der Waals surface area (Å²) in [5.74, 6) is 0. The van der Waals surface area contributed by atoms with Crippen LogP contribution >= 0.6 is 15.9 Å². The van der Waals surface area contributed by atoms with Crippen molar-refractivity contribution in [2.45, 2.75) is 11.8 Å². The zero-order valence-electron chi connectivity index (χ0n) is 11.0. The predicted molar refractivity (Wildman–Crippen MR) is 83.0 cm³/mol. The zero-order chi connectivity index (χ0) is 15.6. The number of carboxylic acid groups (broad SMARTS) is 1. The molecule has 21 heavy (non-hydrogen) atoms. The second kappa shape index (κ2) is 5.87. The largest absolute Gasteiger partial charge is 0.464 e. The van der Waals surface area contributed by atoms with Gasteiger partial charge in [0, 0.05) is 4.47 Å². The van der Waals surface area contributed by atoms with E-state index in [2.05, 4.69) is 15.9 Å². The van der Waals surface area contributed by atoms with Gasteiger partial charge in [0.15, 0.2) is 0 Å².